The van der Waals surface area contributed by atoms with Crippen LogP contribution >= 0.6 is 11.6 Å². The van der Waals surface area contributed by atoms with Gasteiger partial charge in [0, 0.05) is 25.8 Å². The molecule has 21 heavy (non-hydrogen) atoms. The maximum atomic E-state index is 6.05. The molecule has 1 aromatic carbocycles. The van der Waals surface area contributed by atoms with E-state index in [1.165, 1.54) is 0 Å². The molecule has 1 fully saturated rings. The maximum absolute atomic E-state index is 6.05. The monoisotopic (exact) mass is 305 g/mol. The molecule has 1 saturated heterocycles. The zero-order chi connectivity index (χ0) is 14.7. The highest BCUT2D eigenvalue weighted by Crippen LogP contribution is 2.22. The Morgan fingerprint density at radius 3 is 2.52 bits per heavy atom. The van der Waals surface area contributed by atoms with Crippen LogP contribution in [-0.4, -0.2) is 48.3 Å². The molecule has 0 saturated carbocycles. The van der Waals surface area contributed by atoms with Gasteiger partial charge in [0.05, 0.1) is 13.2 Å². The molecule has 6 nitrogen and oxygen atoms in total. The number of ether oxygens (including phenoxy) is 1. The second-order valence-corrected chi connectivity index (χ2v) is 5.04. The summed E-state index contributed by atoms with van der Waals surface area (Å²) in [7, 11) is 1.91. The zero-order valence-corrected chi connectivity index (χ0v) is 12.5. The third-order valence-corrected chi connectivity index (χ3v) is 3.49. The van der Waals surface area contributed by atoms with E-state index >= 15 is 0 Å². The number of aromatic nitrogens is 3. The molecular weight excluding hydrogens is 290 g/mol. The van der Waals surface area contributed by atoms with Gasteiger partial charge in [-0.3, -0.25) is 0 Å². The van der Waals surface area contributed by atoms with E-state index in [2.05, 4.69) is 19.9 Å². The standard InChI is InChI=1S/C14H16ClN5O/c1-19(11-5-3-2-4-6-11)13-16-12(15)17-14(18-13)20-7-9-21-10-8-20/h2-6H,7-10H2,1H3. The third kappa shape index (κ3) is 3.22. The largest absolute Gasteiger partial charge is 0.378 e. The first kappa shape index (κ1) is 14.0. The van der Waals surface area contributed by atoms with Crippen LogP contribution in [0.25, 0.3) is 0 Å². The molecule has 0 amide bonds. The third-order valence-electron chi connectivity index (χ3n) is 3.32. The molecule has 2 heterocycles. The van der Waals surface area contributed by atoms with Gasteiger partial charge < -0.3 is 14.5 Å². The molecule has 0 atom stereocenters. The molecule has 1 aliphatic rings. The summed E-state index contributed by atoms with van der Waals surface area (Å²) in [6.07, 6.45) is 0. The number of rotatable bonds is 3. The van der Waals surface area contributed by atoms with E-state index in [4.69, 9.17) is 16.3 Å². The number of hydrogen-bond donors (Lipinski definition) is 0. The first-order chi connectivity index (χ1) is 10.2. The number of benzene rings is 1. The SMILES string of the molecule is CN(c1ccccc1)c1nc(Cl)nc(N2CCOCC2)n1. The molecule has 1 aliphatic heterocycles. The quantitative estimate of drug-likeness (QED) is 0.866. The molecule has 0 spiro atoms. The van der Waals surface area contributed by atoms with Crippen LogP contribution in [-0.2, 0) is 4.74 Å². The predicted molar refractivity (Wildman–Crippen MR) is 82.4 cm³/mol. The van der Waals surface area contributed by atoms with E-state index in [1.807, 2.05) is 42.3 Å². The van der Waals surface area contributed by atoms with Gasteiger partial charge in [0.1, 0.15) is 0 Å². The van der Waals surface area contributed by atoms with Gasteiger partial charge in [0.25, 0.3) is 0 Å². The van der Waals surface area contributed by atoms with Gasteiger partial charge in [-0.2, -0.15) is 15.0 Å². The second-order valence-electron chi connectivity index (χ2n) is 4.70. The van der Waals surface area contributed by atoms with Crippen LogP contribution in [0, 0.1) is 0 Å². The fourth-order valence-corrected chi connectivity index (χ4v) is 2.30. The van der Waals surface area contributed by atoms with Crippen molar-refractivity contribution in [1.82, 2.24) is 15.0 Å². The van der Waals surface area contributed by atoms with Crippen LogP contribution in [0.1, 0.15) is 0 Å². The highest BCUT2D eigenvalue weighted by atomic mass is 35.5. The van der Waals surface area contributed by atoms with Crippen LogP contribution < -0.4 is 9.80 Å². The average Bonchev–Trinajstić information content (AvgIpc) is 2.55. The van der Waals surface area contributed by atoms with Crippen LogP contribution in [0.2, 0.25) is 5.28 Å². The van der Waals surface area contributed by atoms with Crippen LogP contribution in [0.3, 0.4) is 0 Å². The lowest BCUT2D eigenvalue weighted by Gasteiger charge is -2.27. The first-order valence-corrected chi connectivity index (χ1v) is 7.15. The van der Waals surface area contributed by atoms with Crippen molar-refractivity contribution >= 4 is 29.2 Å². The molecule has 0 unspecified atom stereocenters. The molecule has 0 aliphatic carbocycles. The molecule has 110 valence electrons. The number of hydrogen-bond acceptors (Lipinski definition) is 6. The minimum absolute atomic E-state index is 0.198. The van der Waals surface area contributed by atoms with Crippen molar-refractivity contribution in [1.29, 1.82) is 0 Å². The van der Waals surface area contributed by atoms with E-state index in [0.717, 1.165) is 18.8 Å². The minimum atomic E-state index is 0.198. The fraction of sp³-hybridized carbons (Fsp3) is 0.357. The van der Waals surface area contributed by atoms with Crippen LogP contribution in [0.4, 0.5) is 17.6 Å². The van der Waals surface area contributed by atoms with Crippen LogP contribution in [0.5, 0.6) is 0 Å². The van der Waals surface area contributed by atoms with Gasteiger partial charge in [-0.1, -0.05) is 18.2 Å². The molecule has 0 N–H and O–H groups in total. The van der Waals surface area contributed by atoms with E-state index in [1.54, 1.807) is 0 Å². The number of nitrogens with zero attached hydrogens (tertiary/aromatic N) is 5. The minimum Gasteiger partial charge on any atom is -0.378 e. The molecule has 3 rings (SSSR count). The Bertz CT molecular complexity index is 604. The van der Waals surface area contributed by atoms with E-state index in [-0.39, 0.29) is 5.28 Å². The number of morpholine rings is 1. The van der Waals surface area contributed by atoms with Gasteiger partial charge >= 0.3 is 0 Å². The lowest BCUT2D eigenvalue weighted by molar-refractivity contribution is 0.122. The maximum Gasteiger partial charge on any atom is 0.235 e. The van der Waals surface area contributed by atoms with Gasteiger partial charge in [0.2, 0.25) is 17.2 Å². The number of para-hydroxylation sites is 1. The molecule has 2 aromatic rings. The Morgan fingerprint density at radius 2 is 1.81 bits per heavy atom. The topological polar surface area (TPSA) is 54.4 Å². The Balaban J connectivity index is 1.90. The molecular formula is C14H16ClN5O. The van der Waals surface area contributed by atoms with E-state index in [0.29, 0.717) is 25.1 Å². The van der Waals surface area contributed by atoms with Crippen molar-refractivity contribution in [2.75, 3.05) is 43.2 Å². The molecule has 0 radical (unpaired) electrons. The van der Waals surface area contributed by atoms with E-state index in [9.17, 15) is 0 Å². The Labute approximate surface area is 128 Å². The Morgan fingerprint density at radius 1 is 1.10 bits per heavy atom. The van der Waals surface area contributed by atoms with Crippen molar-refractivity contribution in [2.45, 2.75) is 0 Å². The molecule has 0 bridgehead atoms. The second kappa shape index (κ2) is 6.24. The summed E-state index contributed by atoms with van der Waals surface area (Å²) in [6.45, 7) is 2.87. The summed E-state index contributed by atoms with van der Waals surface area (Å²) < 4.78 is 5.34. The summed E-state index contributed by atoms with van der Waals surface area (Å²) in [5.41, 5.74) is 0.993. The highest BCUT2D eigenvalue weighted by Gasteiger charge is 2.17. The predicted octanol–water partition coefficient (Wildman–Crippen LogP) is 2.13. The number of halogens is 1. The van der Waals surface area contributed by atoms with Crippen molar-refractivity contribution in [3.63, 3.8) is 0 Å². The van der Waals surface area contributed by atoms with Gasteiger partial charge in [0.15, 0.2) is 0 Å². The fourth-order valence-electron chi connectivity index (χ4n) is 2.15. The van der Waals surface area contributed by atoms with Crippen molar-refractivity contribution < 1.29 is 4.74 Å². The van der Waals surface area contributed by atoms with Gasteiger partial charge in [-0.25, -0.2) is 0 Å². The first-order valence-electron chi connectivity index (χ1n) is 6.77. The van der Waals surface area contributed by atoms with Crippen molar-refractivity contribution in [3.8, 4) is 0 Å². The normalized spacial score (nSPS) is 15.0. The van der Waals surface area contributed by atoms with Crippen molar-refractivity contribution in [3.05, 3.63) is 35.6 Å². The van der Waals surface area contributed by atoms with Gasteiger partial charge in [-0.05, 0) is 23.7 Å². The Kier molecular flexibility index (Phi) is 4.17. The lowest BCUT2D eigenvalue weighted by Crippen LogP contribution is -2.37. The summed E-state index contributed by atoms with van der Waals surface area (Å²) in [5, 5.41) is 0.198. The summed E-state index contributed by atoms with van der Waals surface area (Å²) in [4.78, 5) is 16.9. The average molecular weight is 306 g/mol. The molecule has 7 heteroatoms. The Hall–Kier alpha value is -1.92. The summed E-state index contributed by atoms with van der Waals surface area (Å²) in [5.74, 6) is 1.12. The van der Waals surface area contributed by atoms with Crippen molar-refractivity contribution in [2.24, 2.45) is 0 Å². The van der Waals surface area contributed by atoms with E-state index < -0.39 is 0 Å². The number of anilines is 3. The lowest BCUT2D eigenvalue weighted by atomic mass is 10.3. The summed E-state index contributed by atoms with van der Waals surface area (Å²) in [6, 6.07) is 9.89. The molecule has 1 aromatic heterocycles. The van der Waals surface area contributed by atoms with Crippen LogP contribution in [0.15, 0.2) is 30.3 Å². The zero-order valence-electron chi connectivity index (χ0n) is 11.7. The summed E-state index contributed by atoms with van der Waals surface area (Å²) >= 11 is 6.05. The highest BCUT2D eigenvalue weighted by molar-refractivity contribution is 6.28. The smallest absolute Gasteiger partial charge is 0.235 e. The van der Waals surface area contributed by atoms with Gasteiger partial charge in [-0.15, -0.1) is 0 Å².